The van der Waals surface area contributed by atoms with Gasteiger partial charge < -0.3 is 5.73 Å². The molecular weight excluding hydrogens is 234 g/mol. The second-order valence-corrected chi connectivity index (χ2v) is 4.15. The molecule has 0 fully saturated rings. The van der Waals surface area contributed by atoms with E-state index in [0.29, 0.717) is 0 Å². The summed E-state index contributed by atoms with van der Waals surface area (Å²) in [4.78, 5) is 10.6. The Morgan fingerprint density at radius 3 is 1.74 bits per heavy atom. The van der Waals surface area contributed by atoms with Crippen LogP contribution in [0.2, 0.25) is 0 Å². The summed E-state index contributed by atoms with van der Waals surface area (Å²) >= 11 is 0. The van der Waals surface area contributed by atoms with Crippen molar-refractivity contribution in [3.8, 4) is 0 Å². The molecule has 2 N–H and O–H groups in total. The van der Waals surface area contributed by atoms with Crippen molar-refractivity contribution < 1.29 is 4.79 Å². The fourth-order valence-electron chi connectivity index (χ4n) is 1.65. The van der Waals surface area contributed by atoms with E-state index in [1.807, 2.05) is 42.5 Å². The Morgan fingerprint density at radius 2 is 1.21 bits per heavy atom. The molecule has 2 aromatic carbocycles. The lowest BCUT2D eigenvalue weighted by Crippen LogP contribution is -2.04. The largest absolute Gasteiger partial charge is 0.366 e. The van der Waals surface area contributed by atoms with Gasteiger partial charge in [0.2, 0.25) is 5.91 Å². The number of rotatable bonds is 4. The van der Waals surface area contributed by atoms with Gasteiger partial charge in [0.15, 0.2) is 0 Å². The maximum Gasteiger partial charge on any atom is 0.241 e. The lowest BCUT2D eigenvalue weighted by molar-refractivity contribution is -0.113. The van der Waals surface area contributed by atoms with Gasteiger partial charge in [-0.2, -0.15) is 0 Å². The van der Waals surface area contributed by atoms with Gasteiger partial charge in [0.1, 0.15) is 0 Å². The van der Waals surface area contributed by atoms with Crippen molar-refractivity contribution in [2.24, 2.45) is 5.73 Å². The van der Waals surface area contributed by atoms with E-state index in [1.54, 1.807) is 6.08 Å². The summed E-state index contributed by atoms with van der Waals surface area (Å²) in [6.07, 6.45) is 7.17. The number of hydrogen-bond donors (Lipinski definition) is 1. The SMILES string of the molecule is NC(=O)C=Cc1ccc(C=Cc2ccccc2)cc1. The van der Waals surface area contributed by atoms with Crippen LogP contribution >= 0.6 is 0 Å². The van der Waals surface area contributed by atoms with E-state index in [0.717, 1.165) is 11.1 Å². The van der Waals surface area contributed by atoms with Crippen LogP contribution in [0.15, 0.2) is 60.7 Å². The van der Waals surface area contributed by atoms with Gasteiger partial charge in [0, 0.05) is 6.08 Å². The van der Waals surface area contributed by atoms with Gasteiger partial charge in [-0.3, -0.25) is 4.79 Å². The van der Waals surface area contributed by atoms with Crippen molar-refractivity contribution in [2.75, 3.05) is 0 Å². The van der Waals surface area contributed by atoms with Crippen molar-refractivity contribution in [2.45, 2.75) is 0 Å². The van der Waals surface area contributed by atoms with Crippen LogP contribution in [0, 0.1) is 0 Å². The number of amides is 1. The molecule has 0 aliphatic rings. The number of carbonyl (C=O) groups excluding carboxylic acids is 1. The van der Waals surface area contributed by atoms with Crippen molar-refractivity contribution in [3.63, 3.8) is 0 Å². The highest BCUT2D eigenvalue weighted by molar-refractivity contribution is 5.90. The molecule has 0 atom stereocenters. The Kier molecular flexibility index (Phi) is 4.29. The Hall–Kier alpha value is -2.61. The smallest absolute Gasteiger partial charge is 0.241 e. The minimum Gasteiger partial charge on any atom is -0.366 e. The van der Waals surface area contributed by atoms with Crippen LogP contribution in [-0.4, -0.2) is 5.91 Å². The van der Waals surface area contributed by atoms with E-state index in [-0.39, 0.29) is 0 Å². The zero-order chi connectivity index (χ0) is 13.5. The Bertz CT molecular complexity index is 595. The molecule has 94 valence electrons. The van der Waals surface area contributed by atoms with Crippen LogP contribution in [-0.2, 0) is 4.79 Å². The number of nitrogens with two attached hydrogens (primary N) is 1. The van der Waals surface area contributed by atoms with Gasteiger partial charge >= 0.3 is 0 Å². The molecule has 0 spiro atoms. The highest BCUT2D eigenvalue weighted by Crippen LogP contribution is 2.10. The summed E-state index contributed by atoms with van der Waals surface area (Å²) in [5.41, 5.74) is 8.28. The quantitative estimate of drug-likeness (QED) is 0.655. The molecule has 0 heterocycles. The Morgan fingerprint density at radius 1 is 0.737 bits per heavy atom. The third-order valence-corrected chi connectivity index (χ3v) is 2.64. The van der Waals surface area contributed by atoms with Crippen LogP contribution in [0.25, 0.3) is 18.2 Å². The van der Waals surface area contributed by atoms with Crippen LogP contribution in [0.3, 0.4) is 0 Å². The Labute approximate surface area is 112 Å². The predicted octanol–water partition coefficient (Wildman–Crippen LogP) is 3.36. The summed E-state index contributed by atoms with van der Waals surface area (Å²) in [6, 6.07) is 18.0. The standard InChI is InChI=1S/C17H15NO/c18-17(19)13-12-16-10-8-15(9-11-16)7-6-14-4-2-1-3-5-14/h1-13H,(H2,18,19). The molecule has 0 saturated heterocycles. The fourth-order valence-corrected chi connectivity index (χ4v) is 1.65. The van der Waals surface area contributed by atoms with Gasteiger partial charge in [-0.1, -0.05) is 66.7 Å². The molecule has 0 radical (unpaired) electrons. The van der Waals surface area contributed by atoms with Gasteiger partial charge in [-0.05, 0) is 22.8 Å². The van der Waals surface area contributed by atoms with Crippen LogP contribution < -0.4 is 5.73 Å². The minimum atomic E-state index is -0.437. The van der Waals surface area contributed by atoms with Crippen molar-refractivity contribution in [1.29, 1.82) is 0 Å². The number of benzene rings is 2. The van der Waals surface area contributed by atoms with E-state index in [4.69, 9.17) is 5.73 Å². The molecule has 0 bridgehead atoms. The highest BCUT2D eigenvalue weighted by atomic mass is 16.1. The molecule has 0 saturated carbocycles. The summed E-state index contributed by atoms with van der Waals surface area (Å²) in [6.45, 7) is 0. The number of carbonyl (C=O) groups is 1. The molecule has 2 nitrogen and oxygen atoms in total. The molecular formula is C17H15NO. The zero-order valence-corrected chi connectivity index (χ0v) is 10.5. The van der Waals surface area contributed by atoms with Crippen LogP contribution in [0.1, 0.15) is 16.7 Å². The molecule has 19 heavy (non-hydrogen) atoms. The first-order chi connectivity index (χ1) is 9.24. The lowest BCUT2D eigenvalue weighted by Gasteiger charge is -1.96. The van der Waals surface area contributed by atoms with Crippen LogP contribution in [0.4, 0.5) is 0 Å². The summed E-state index contributed by atoms with van der Waals surface area (Å²) in [5.74, 6) is -0.437. The molecule has 1 amide bonds. The van der Waals surface area contributed by atoms with E-state index >= 15 is 0 Å². The highest BCUT2D eigenvalue weighted by Gasteiger charge is 1.90. The molecule has 2 aromatic rings. The van der Waals surface area contributed by atoms with Gasteiger partial charge in [-0.25, -0.2) is 0 Å². The summed E-state index contributed by atoms with van der Waals surface area (Å²) in [5, 5.41) is 0. The molecule has 0 aliphatic carbocycles. The van der Waals surface area contributed by atoms with E-state index < -0.39 is 5.91 Å². The van der Waals surface area contributed by atoms with Crippen molar-refractivity contribution >= 4 is 24.1 Å². The molecule has 0 aromatic heterocycles. The molecule has 2 rings (SSSR count). The number of hydrogen-bond acceptors (Lipinski definition) is 1. The Balaban J connectivity index is 2.07. The summed E-state index contributed by atoms with van der Waals surface area (Å²) in [7, 11) is 0. The monoisotopic (exact) mass is 249 g/mol. The molecule has 0 unspecified atom stereocenters. The first kappa shape index (κ1) is 12.8. The van der Waals surface area contributed by atoms with Crippen LogP contribution in [0.5, 0.6) is 0 Å². The normalized spacial score (nSPS) is 11.2. The van der Waals surface area contributed by atoms with E-state index in [9.17, 15) is 4.79 Å². The van der Waals surface area contributed by atoms with Crippen molar-refractivity contribution in [1.82, 2.24) is 0 Å². The van der Waals surface area contributed by atoms with Gasteiger partial charge in [0.05, 0.1) is 0 Å². The van der Waals surface area contributed by atoms with Gasteiger partial charge in [0.25, 0.3) is 0 Å². The van der Waals surface area contributed by atoms with Crippen molar-refractivity contribution in [3.05, 3.63) is 77.4 Å². The maximum absolute atomic E-state index is 10.6. The second-order valence-electron chi connectivity index (χ2n) is 4.15. The predicted molar refractivity (Wildman–Crippen MR) is 80.0 cm³/mol. The maximum atomic E-state index is 10.6. The first-order valence-corrected chi connectivity index (χ1v) is 6.05. The van der Waals surface area contributed by atoms with E-state index in [2.05, 4.69) is 24.3 Å². The summed E-state index contributed by atoms with van der Waals surface area (Å²) < 4.78 is 0. The van der Waals surface area contributed by atoms with Gasteiger partial charge in [-0.15, -0.1) is 0 Å². The molecule has 2 heteroatoms. The third-order valence-electron chi connectivity index (χ3n) is 2.64. The number of primary amides is 1. The second kappa shape index (κ2) is 6.36. The minimum absolute atomic E-state index is 0.437. The lowest BCUT2D eigenvalue weighted by atomic mass is 10.1. The zero-order valence-electron chi connectivity index (χ0n) is 10.5. The molecule has 0 aliphatic heterocycles. The third kappa shape index (κ3) is 4.28. The average Bonchev–Trinajstić information content (AvgIpc) is 2.45. The van der Waals surface area contributed by atoms with E-state index in [1.165, 1.54) is 11.6 Å². The topological polar surface area (TPSA) is 43.1 Å². The first-order valence-electron chi connectivity index (χ1n) is 6.05. The average molecular weight is 249 g/mol. The fraction of sp³-hybridized carbons (Fsp3) is 0.